The molecule has 1 atom stereocenters. The average Bonchev–Trinajstić information content (AvgIpc) is 2.66. The fraction of sp³-hybridized carbons (Fsp3) is 0.316. The van der Waals surface area contributed by atoms with Gasteiger partial charge < -0.3 is 19.7 Å². The van der Waals surface area contributed by atoms with E-state index in [1.165, 1.54) is 17.0 Å². The van der Waals surface area contributed by atoms with Crippen molar-refractivity contribution in [2.45, 2.75) is 18.9 Å². The van der Waals surface area contributed by atoms with Crippen molar-refractivity contribution in [3.8, 4) is 0 Å². The number of β-amino-alcohol motifs (C(OH)–C–C–N with tert-alkyl or cyclic N) is 1. The van der Waals surface area contributed by atoms with Crippen molar-refractivity contribution in [3.05, 3.63) is 45.1 Å². The Kier molecular flexibility index (Phi) is 4.47. The van der Waals surface area contributed by atoms with Crippen LogP contribution in [0.4, 0.5) is 10.1 Å². The lowest BCUT2D eigenvalue weighted by atomic mass is 10.0. The zero-order valence-corrected chi connectivity index (χ0v) is 15.7. The van der Waals surface area contributed by atoms with Crippen molar-refractivity contribution in [2.24, 2.45) is 7.05 Å². The van der Waals surface area contributed by atoms with Crippen LogP contribution in [0.2, 0.25) is 5.02 Å². The predicted octanol–water partition coefficient (Wildman–Crippen LogP) is 2.54. The Morgan fingerprint density at radius 3 is 2.86 bits per heavy atom. The molecule has 7 nitrogen and oxygen atoms in total. The molecule has 0 spiro atoms. The Bertz CT molecular complexity index is 1190. The minimum absolute atomic E-state index is 0.0711. The molecule has 1 unspecified atom stereocenters. The maximum atomic E-state index is 15.0. The predicted molar refractivity (Wildman–Crippen MR) is 104 cm³/mol. The second-order valence-corrected chi connectivity index (χ2v) is 7.35. The summed E-state index contributed by atoms with van der Waals surface area (Å²) in [6.45, 7) is 0.875. The van der Waals surface area contributed by atoms with Gasteiger partial charge in [0, 0.05) is 31.7 Å². The van der Waals surface area contributed by atoms with Crippen molar-refractivity contribution in [1.29, 1.82) is 0 Å². The molecule has 0 radical (unpaired) electrons. The molecular weight excluding hydrogens is 389 g/mol. The first-order chi connectivity index (χ1) is 13.3. The molecule has 1 aliphatic rings. The molecule has 28 heavy (non-hydrogen) atoms. The van der Waals surface area contributed by atoms with Crippen molar-refractivity contribution in [1.82, 2.24) is 9.55 Å². The van der Waals surface area contributed by atoms with Crippen LogP contribution < -0.4 is 10.3 Å². The van der Waals surface area contributed by atoms with Crippen LogP contribution in [-0.4, -0.2) is 44.9 Å². The van der Waals surface area contributed by atoms with E-state index in [2.05, 4.69) is 4.98 Å². The van der Waals surface area contributed by atoms with Crippen LogP contribution in [0.25, 0.3) is 21.8 Å². The highest BCUT2D eigenvalue weighted by Crippen LogP contribution is 2.37. The van der Waals surface area contributed by atoms with Gasteiger partial charge in [-0.15, -0.1) is 0 Å². The van der Waals surface area contributed by atoms with Crippen molar-refractivity contribution in [3.63, 3.8) is 0 Å². The number of aromatic nitrogens is 2. The quantitative estimate of drug-likeness (QED) is 0.636. The van der Waals surface area contributed by atoms with Gasteiger partial charge in [0.05, 0.1) is 28.9 Å². The maximum absolute atomic E-state index is 15.0. The number of pyridine rings is 2. The van der Waals surface area contributed by atoms with Crippen LogP contribution in [0.1, 0.15) is 23.2 Å². The number of aromatic carboxylic acids is 1. The Morgan fingerprint density at radius 2 is 2.18 bits per heavy atom. The minimum atomic E-state index is -1.36. The summed E-state index contributed by atoms with van der Waals surface area (Å²) >= 11 is 6.24. The molecule has 146 valence electrons. The van der Waals surface area contributed by atoms with E-state index in [0.717, 1.165) is 6.42 Å². The maximum Gasteiger partial charge on any atom is 0.341 e. The summed E-state index contributed by atoms with van der Waals surface area (Å²) in [5, 5.41) is 19.4. The number of anilines is 1. The fourth-order valence-electron chi connectivity index (χ4n) is 3.77. The summed E-state index contributed by atoms with van der Waals surface area (Å²) in [4.78, 5) is 30.2. The number of aliphatic hydroxyl groups excluding tert-OH is 1. The summed E-state index contributed by atoms with van der Waals surface area (Å²) < 4.78 is 16.5. The number of nitrogens with zero attached hydrogens (tertiary/aromatic N) is 3. The summed E-state index contributed by atoms with van der Waals surface area (Å²) in [7, 11) is 1.59. The number of hydrogen-bond donors (Lipinski definition) is 2. The summed E-state index contributed by atoms with van der Waals surface area (Å²) in [6, 6.07) is 1.56. The first-order valence-electron chi connectivity index (χ1n) is 8.76. The van der Waals surface area contributed by atoms with Gasteiger partial charge in [0.2, 0.25) is 5.43 Å². The summed E-state index contributed by atoms with van der Waals surface area (Å²) in [5.41, 5.74) is -0.484. The van der Waals surface area contributed by atoms with Gasteiger partial charge in [0.15, 0.2) is 5.82 Å². The van der Waals surface area contributed by atoms with E-state index in [4.69, 9.17) is 11.6 Å². The third-order valence-corrected chi connectivity index (χ3v) is 5.50. The van der Waals surface area contributed by atoms with Crippen molar-refractivity contribution in [2.75, 3.05) is 18.0 Å². The van der Waals surface area contributed by atoms with E-state index >= 15 is 4.39 Å². The zero-order valence-electron chi connectivity index (χ0n) is 14.9. The lowest BCUT2D eigenvalue weighted by molar-refractivity contribution is 0.0695. The van der Waals surface area contributed by atoms with E-state index in [0.29, 0.717) is 30.7 Å². The molecule has 1 aliphatic heterocycles. The molecule has 0 aliphatic carbocycles. The van der Waals surface area contributed by atoms with E-state index in [1.54, 1.807) is 18.0 Å². The van der Waals surface area contributed by atoms with Gasteiger partial charge in [-0.1, -0.05) is 11.6 Å². The first-order valence-corrected chi connectivity index (χ1v) is 9.13. The summed E-state index contributed by atoms with van der Waals surface area (Å²) in [6.07, 6.45) is 3.36. The molecule has 2 aromatic heterocycles. The topological polar surface area (TPSA) is 95.7 Å². The second kappa shape index (κ2) is 6.72. The zero-order chi connectivity index (χ0) is 20.2. The number of rotatable bonds is 2. The molecule has 3 heterocycles. The van der Waals surface area contributed by atoms with Crippen LogP contribution in [0.15, 0.2) is 23.3 Å². The normalized spacial score (nSPS) is 17.4. The van der Waals surface area contributed by atoms with Crippen LogP contribution >= 0.6 is 11.6 Å². The molecule has 3 aromatic rings. The smallest absolute Gasteiger partial charge is 0.341 e. The molecule has 9 heteroatoms. The lowest BCUT2D eigenvalue weighted by Gasteiger charge is -2.32. The van der Waals surface area contributed by atoms with E-state index in [9.17, 15) is 19.8 Å². The Balaban J connectivity index is 2.10. The molecule has 2 N–H and O–H groups in total. The standard InChI is InChI=1S/C19H17ClFN3O4/c1-23-8-11(19(27)28)18(26)14-10-5-12(24-4-2-3-9(25)7-24)15(20)16(21)17(10)22-6-13(14)23/h5-6,8-9,25H,2-4,7H2,1H3,(H,27,28). The highest BCUT2D eigenvalue weighted by atomic mass is 35.5. The minimum Gasteiger partial charge on any atom is -0.477 e. The van der Waals surface area contributed by atoms with Crippen LogP contribution in [0.5, 0.6) is 0 Å². The Morgan fingerprint density at radius 1 is 1.43 bits per heavy atom. The molecular formula is C19H17ClFN3O4. The van der Waals surface area contributed by atoms with Gasteiger partial charge in [0.25, 0.3) is 0 Å². The molecule has 0 saturated carbocycles. The Hall–Kier alpha value is -2.71. The van der Waals surface area contributed by atoms with Gasteiger partial charge in [0.1, 0.15) is 16.1 Å². The van der Waals surface area contributed by atoms with Crippen LogP contribution in [0.3, 0.4) is 0 Å². The van der Waals surface area contributed by atoms with Gasteiger partial charge in [-0.05, 0) is 18.9 Å². The second-order valence-electron chi connectivity index (χ2n) is 6.97. The third kappa shape index (κ3) is 2.80. The number of benzene rings is 1. The van der Waals surface area contributed by atoms with E-state index in [1.807, 2.05) is 0 Å². The number of piperidine rings is 1. The van der Waals surface area contributed by atoms with Gasteiger partial charge in [-0.25, -0.2) is 9.18 Å². The molecule has 1 fully saturated rings. The van der Waals surface area contributed by atoms with E-state index < -0.39 is 28.9 Å². The van der Waals surface area contributed by atoms with Gasteiger partial charge >= 0.3 is 5.97 Å². The molecule has 0 bridgehead atoms. The molecule has 4 rings (SSSR count). The molecule has 0 amide bonds. The highest BCUT2D eigenvalue weighted by molar-refractivity contribution is 6.34. The third-order valence-electron chi connectivity index (χ3n) is 5.15. The number of carboxylic acid groups (broad SMARTS) is 1. The number of halogens is 2. The monoisotopic (exact) mass is 405 g/mol. The highest BCUT2D eigenvalue weighted by Gasteiger charge is 2.25. The molecule has 1 saturated heterocycles. The number of aliphatic hydroxyl groups is 1. The first kappa shape index (κ1) is 18.6. The van der Waals surface area contributed by atoms with Crippen molar-refractivity contribution >= 4 is 45.1 Å². The average molecular weight is 406 g/mol. The Labute approximate surface area is 163 Å². The lowest BCUT2D eigenvalue weighted by Crippen LogP contribution is -2.38. The molecule has 1 aromatic carbocycles. The fourth-order valence-corrected chi connectivity index (χ4v) is 4.03. The van der Waals surface area contributed by atoms with Crippen LogP contribution in [0, 0.1) is 5.82 Å². The number of hydrogen-bond acceptors (Lipinski definition) is 5. The van der Waals surface area contributed by atoms with E-state index in [-0.39, 0.29) is 21.3 Å². The van der Waals surface area contributed by atoms with Crippen LogP contribution in [-0.2, 0) is 7.05 Å². The number of carbonyl (C=O) groups is 1. The van der Waals surface area contributed by atoms with Gasteiger partial charge in [-0.2, -0.15) is 0 Å². The van der Waals surface area contributed by atoms with Gasteiger partial charge in [-0.3, -0.25) is 9.78 Å². The summed E-state index contributed by atoms with van der Waals surface area (Å²) in [5.74, 6) is -2.14. The number of fused-ring (bicyclic) bond motifs is 3. The number of aryl methyl sites for hydroxylation is 1. The largest absolute Gasteiger partial charge is 0.477 e. The van der Waals surface area contributed by atoms with Crippen molar-refractivity contribution < 1.29 is 19.4 Å². The SMILES string of the molecule is Cn1cc(C(=O)O)c(=O)c2c3cc(N4CCCC(O)C4)c(Cl)c(F)c3ncc21. The number of carboxylic acids is 1.